The molecule has 0 aliphatic rings. The van der Waals surface area contributed by atoms with Gasteiger partial charge in [0.1, 0.15) is 11.4 Å². The molecule has 0 amide bonds. The van der Waals surface area contributed by atoms with Crippen molar-refractivity contribution in [2.75, 3.05) is 0 Å². The zero-order valence-corrected chi connectivity index (χ0v) is 11.8. The Morgan fingerprint density at radius 1 is 1.17 bits per heavy atom. The van der Waals surface area contributed by atoms with Crippen molar-refractivity contribution in [2.45, 2.75) is 19.4 Å². The summed E-state index contributed by atoms with van der Waals surface area (Å²) in [5, 5.41) is 10.7. The van der Waals surface area contributed by atoms with Crippen molar-refractivity contribution in [2.24, 2.45) is 0 Å². The van der Waals surface area contributed by atoms with E-state index in [0.29, 0.717) is 11.1 Å². The van der Waals surface area contributed by atoms with E-state index in [1.54, 1.807) is 26.0 Å². The second-order valence-electron chi connectivity index (χ2n) is 4.52. The maximum absolute atomic E-state index is 13.3. The van der Waals surface area contributed by atoms with E-state index in [4.69, 9.17) is 0 Å². The summed E-state index contributed by atoms with van der Waals surface area (Å²) in [6.45, 7) is 3.40. The van der Waals surface area contributed by atoms with Gasteiger partial charge < -0.3 is 5.11 Å². The van der Waals surface area contributed by atoms with Crippen LogP contribution < -0.4 is 0 Å². The van der Waals surface area contributed by atoms with Crippen LogP contribution in [0.4, 0.5) is 4.39 Å². The van der Waals surface area contributed by atoms with E-state index in [1.165, 1.54) is 6.07 Å². The Kier molecular flexibility index (Phi) is 3.55. The average molecular weight is 309 g/mol. The Labute approximate surface area is 114 Å². The molecule has 1 atom stereocenters. The highest BCUT2D eigenvalue weighted by Crippen LogP contribution is 2.34. The molecule has 2 aromatic carbocycles. The predicted octanol–water partition coefficient (Wildman–Crippen LogP) is 4.15. The van der Waals surface area contributed by atoms with Gasteiger partial charge in [-0.1, -0.05) is 40.2 Å². The van der Waals surface area contributed by atoms with Gasteiger partial charge in [0.2, 0.25) is 0 Å². The van der Waals surface area contributed by atoms with Gasteiger partial charge in [-0.3, -0.25) is 0 Å². The molecule has 18 heavy (non-hydrogen) atoms. The zero-order valence-electron chi connectivity index (χ0n) is 10.2. The van der Waals surface area contributed by atoms with Crippen molar-refractivity contribution in [1.82, 2.24) is 0 Å². The molecule has 1 unspecified atom stereocenters. The molecule has 0 radical (unpaired) electrons. The third-order valence-corrected chi connectivity index (χ3v) is 3.81. The summed E-state index contributed by atoms with van der Waals surface area (Å²) < 4.78 is 14.1. The first kappa shape index (κ1) is 13.2. The Bertz CT molecular complexity index is 578. The molecule has 3 heteroatoms. The SMILES string of the molecule is Cc1cc(C(C)(O)c2ccccc2Br)ccc1F. The fraction of sp³-hybridized carbons (Fsp3) is 0.200. The molecule has 0 aromatic heterocycles. The van der Waals surface area contributed by atoms with E-state index < -0.39 is 5.60 Å². The van der Waals surface area contributed by atoms with Crippen molar-refractivity contribution in [3.63, 3.8) is 0 Å². The van der Waals surface area contributed by atoms with Crippen molar-refractivity contribution < 1.29 is 9.50 Å². The molecular weight excluding hydrogens is 295 g/mol. The van der Waals surface area contributed by atoms with Gasteiger partial charge in [0.05, 0.1) is 0 Å². The molecule has 0 heterocycles. The maximum Gasteiger partial charge on any atom is 0.126 e. The van der Waals surface area contributed by atoms with Gasteiger partial charge in [0.25, 0.3) is 0 Å². The minimum atomic E-state index is -1.15. The number of halogens is 2. The van der Waals surface area contributed by atoms with Crippen LogP contribution >= 0.6 is 15.9 Å². The standard InChI is InChI=1S/C15H14BrFO/c1-10-9-11(7-8-14(10)17)15(2,18)12-5-3-4-6-13(12)16/h3-9,18H,1-2H3. The Morgan fingerprint density at radius 2 is 1.83 bits per heavy atom. The first-order chi connectivity index (χ1) is 8.43. The molecule has 2 rings (SSSR count). The van der Waals surface area contributed by atoms with Gasteiger partial charge in [0, 0.05) is 10.0 Å². The molecule has 0 saturated heterocycles. The van der Waals surface area contributed by atoms with E-state index in [-0.39, 0.29) is 5.82 Å². The quantitative estimate of drug-likeness (QED) is 0.883. The van der Waals surface area contributed by atoms with Gasteiger partial charge >= 0.3 is 0 Å². The fourth-order valence-corrected chi connectivity index (χ4v) is 2.63. The van der Waals surface area contributed by atoms with Crippen LogP contribution in [0.1, 0.15) is 23.6 Å². The number of rotatable bonds is 2. The zero-order chi connectivity index (χ0) is 13.3. The monoisotopic (exact) mass is 308 g/mol. The lowest BCUT2D eigenvalue weighted by Crippen LogP contribution is -2.23. The molecule has 1 N–H and O–H groups in total. The lowest BCUT2D eigenvalue weighted by atomic mass is 9.87. The molecule has 94 valence electrons. The summed E-state index contributed by atoms with van der Waals surface area (Å²) in [5.74, 6) is -0.262. The average Bonchev–Trinajstić information content (AvgIpc) is 2.33. The van der Waals surface area contributed by atoms with Crippen molar-refractivity contribution in [3.8, 4) is 0 Å². The topological polar surface area (TPSA) is 20.2 Å². The van der Waals surface area contributed by atoms with Crippen LogP contribution in [-0.2, 0) is 5.60 Å². The van der Waals surface area contributed by atoms with Gasteiger partial charge in [-0.2, -0.15) is 0 Å². The minimum Gasteiger partial charge on any atom is -0.381 e. The molecule has 0 aliphatic carbocycles. The summed E-state index contributed by atoms with van der Waals surface area (Å²) in [6, 6.07) is 12.2. The third kappa shape index (κ3) is 2.33. The molecule has 0 aliphatic heterocycles. The highest BCUT2D eigenvalue weighted by Gasteiger charge is 2.27. The number of benzene rings is 2. The number of aryl methyl sites for hydroxylation is 1. The van der Waals surface area contributed by atoms with E-state index in [1.807, 2.05) is 24.3 Å². The van der Waals surface area contributed by atoms with E-state index in [0.717, 1.165) is 10.0 Å². The lowest BCUT2D eigenvalue weighted by molar-refractivity contribution is 0.101. The van der Waals surface area contributed by atoms with E-state index >= 15 is 0 Å². The number of aliphatic hydroxyl groups is 1. The molecule has 0 saturated carbocycles. The summed E-state index contributed by atoms with van der Waals surface area (Å²) in [6.07, 6.45) is 0. The minimum absolute atomic E-state index is 0.262. The molecule has 0 fully saturated rings. The first-order valence-electron chi connectivity index (χ1n) is 5.67. The van der Waals surface area contributed by atoms with Crippen molar-refractivity contribution >= 4 is 15.9 Å². The summed E-state index contributed by atoms with van der Waals surface area (Å²) in [4.78, 5) is 0. The third-order valence-electron chi connectivity index (χ3n) is 3.12. The Balaban J connectivity index is 2.54. The summed E-state index contributed by atoms with van der Waals surface area (Å²) in [5.41, 5.74) is 0.808. The predicted molar refractivity (Wildman–Crippen MR) is 74.0 cm³/mol. The van der Waals surface area contributed by atoms with Crippen LogP contribution in [0.2, 0.25) is 0 Å². The van der Waals surface area contributed by atoms with E-state index in [2.05, 4.69) is 15.9 Å². The molecule has 0 bridgehead atoms. The molecular formula is C15H14BrFO. The van der Waals surface area contributed by atoms with Gasteiger partial charge in [-0.15, -0.1) is 0 Å². The number of hydrogen-bond acceptors (Lipinski definition) is 1. The largest absolute Gasteiger partial charge is 0.381 e. The van der Waals surface area contributed by atoms with Crippen LogP contribution in [0, 0.1) is 12.7 Å². The van der Waals surface area contributed by atoms with Gasteiger partial charge in [-0.25, -0.2) is 4.39 Å². The Morgan fingerprint density at radius 3 is 2.44 bits per heavy atom. The molecule has 0 spiro atoms. The van der Waals surface area contributed by atoms with Crippen LogP contribution in [0.3, 0.4) is 0 Å². The second-order valence-corrected chi connectivity index (χ2v) is 5.37. The highest BCUT2D eigenvalue weighted by atomic mass is 79.9. The highest BCUT2D eigenvalue weighted by molar-refractivity contribution is 9.10. The van der Waals surface area contributed by atoms with Gasteiger partial charge in [0.15, 0.2) is 0 Å². The Hall–Kier alpha value is -1.19. The second kappa shape index (κ2) is 4.82. The smallest absolute Gasteiger partial charge is 0.126 e. The van der Waals surface area contributed by atoms with Crippen LogP contribution in [0.5, 0.6) is 0 Å². The van der Waals surface area contributed by atoms with Gasteiger partial charge in [-0.05, 0) is 43.2 Å². The first-order valence-corrected chi connectivity index (χ1v) is 6.46. The van der Waals surface area contributed by atoms with E-state index in [9.17, 15) is 9.50 Å². The molecule has 2 aromatic rings. The fourth-order valence-electron chi connectivity index (χ4n) is 1.96. The van der Waals surface area contributed by atoms with Crippen LogP contribution in [0.15, 0.2) is 46.9 Å². The maximum atomic E-state index is 13.3. The summed E-state index contributed by atoms with van der Waals surface area (Å²) >= 11 is 3.43. The normalized spacial score (nSPS) is 14.3. The molecule has 1 nitrogen and oxygen atoms in total. The number of hydrogen-bond donors (Lipinski definition) is 1. The van der Waals surface area contributed by atoms with Crippen molar-refractivity contribution in [1.29, 1.82) is 0 Å². The van der Waals surface area contributed by atoms with Crippen molar-refractivity contribution in [3.05, 3.63) is 69.4 Å². The lowest BCUT2D eigenvalue weighted by Gasteiger charge is -2.26. The van der Waals surface area contributed by atoms with Crippen LogP contribution in [-0.4, -0.2) is 5.11 Å². The van der Waals surface area contributed by atoms with Crippen LogP contribution in [0.25, 0.3) is 0 Å². The summed E-state index contributed by atoms with van der Waals surface area (Å²) in [7, 11) is 0.